The molecule has 19 heavy (non-hydrogen) atoms. The summed E-state index contributed by atoms with van der Waals surface area (Å²) in [7, 11) is 0. The SMILES string of the molecule is CC(CNCc1ccc2c(c1)OCCO2)C(C)(C)C. The molecule has 1 aromatic rings. The van der Waals surface area contributed by atoms with Gasteiger partial charge in [0, 0.05) is 6.54 Å². The normalized spacial score (nSPS) is 16.2. The molecule has 1 heterocycles. The standard InChI is InChI=1S/C16H25NO2/c1-12(16(2,3)4)10-17-11-13-5-6-14-15(9-13)19-8-7-18-14/h5-6,9,12,17H,7-8,10-11H2,1-4H3. The lowest BCUT2D eigenvalue weighted by molar-refractivity contribution is 0.171. The molecule has 1 aliphatic heterocycles. The second kappa shape index (κ2) is 5.83. The number of benzene rings is 1. The van der Waals surface area contributed by atoms with Crippen LogP contribution in [0.15, 0.2) is 18.2 Å². The van der Waals surface area contributed by atoms with E-state index in [1.807, 2.05) is 6.07 Å². The van der Waals surface area contributed by atoms with Crippen LogP contribution in [0, 0.1) is 11.3 Å². The van der Waals surface area contributed by atoms with E-state index in [1.54, 1.807) is 0 Å². The van der Waals surface area contributed by atoms with Crippen molar-refractivity contribution in [2.45, 2.75) is 34.2 Å². The van der Waals surface area contributed by atoms with Crippen LogP contribution < -0.4 is 14.8 Å². The number of nitrogens with one attached hydrogen (secondary N) is 1. The van der Waals surface area contributed by atoms with Gasteiger partial charge in [-0.2, -0.15) is 0 Å². The van der Waals surface area contributed by atoms with Crippen molar-refractivity contribution in [1.82, 2.24) is 5.32 Å². The highest BCUT2D eigenvalue weighted by Gasteiger charge is 2.19. The second-order valence-electron chi connectivity index (χ2n) is 6.38. The highest BCUT2D eigenvalue weighted by atomic mass is 16.6. The Labute approximate surface area is 116 Å². The minimum atomic E-state index is 0.347. The van der Waals surface area contributed by atoms with Crippen molar-refractivity contribution in [1.29, 1.82) is 0 Å². The van der Waals surface area contributed by atoms with Crippen LogP contribution in [0.4, 0.5) is 0 Å². The molecule has 3 nitrogen and oxygen atoms in total. The number of ether oxygens (including phenoxy) is 2. The average Bonchev–Trinajstić information content (AvgIpc) is 2.37. The lowest BCUT2D eigenvalue weighted by Gasteiger charge is -2.27. The number of hydrogen-bond acceptors (Lipinski definition) is 3. The maximum absolute atomic E-state index is 5.59. The summed E-state index contributed by atoms with van der Waals surface area (Å²) in [5.41, 5.74) is 1.59. The van der Waals surface area contributed by atoms with Gasteiger partial charge in [0.1, 0.15) is 13.2 Å². The van der Waals surface area contributed by atoms with E-state index in [9.17, 15) is 0 Å². The lowest BCUT2D eigenvalue weighted by atomic mass is 9.82. The van der Waals surface area contributed by atoms with Gasteiger partial charge >= 0.3 is 0 Å². The van der Waals surface area contributed by atoms with Gasteiger partial charge in [-0.1, -0.05) is 33.8 Å². The summed E-state index contributed by atoms with van der Waals surface area (Å²) in [6.07, 6.45) is 0. The molecule has 1 aromatic carbocycles. The summed E-state index contributed by atoms with van der Waals surface area (Å²) >= 11 is 0. The van der Waals surface area contributed by atoms with E-state index in [4.69, 9.17) is 9.47 Å². The Kier molecular flexibility index (Phi) is 4.35. The Morgan fingerprint density at radius 2 is 1.84 bits per heavy atom. The van der Waals surface area contributed by atoms with Crippen molar-refractivity contribution in [3.8, 4) is 11.5 Å². The van der Waals surface area contributed by atoms with Crippen LogP contribution >= 0.6 is 0 Å². The van der Waals surface area contributed by atoms with E-state index < -0.39 is 0 Å². The van der Waals surface area contributed by atoms with Crippen molar-refractivity contribution in [2.75, 3.05) is 19.8 Å². The van der Waals surface area contributed by atoms with Gasteiger partial charge in [-0.05, 0) is 35.6 Å². The molecule has 1 N–H and O–H groups in total. The van der Waals surface area contributed by atoms with Crippen LogP contribution in [0.5, 0.6) is 11.5 Å². The van der Waals surface area contributed by atoms with Crippen LogP contribution in [0.25, 0.3) is 0 Å². The average molecular weight is 263 g/mol. The third-order valence-corrected chi connectivity index (χ3v) is 3.86. The first-order chi connectivity index (χ1) is 8.97. The molecule has 1 atom stereocenters. The van der Waals surface area contributed by atoms with Gasteiger partial charge in [0.25, 0.3) is 0 Å². The summed E-state index contributed by atoms with van der Waals surface area (Å²) < 4.78 is 11.1. The van der Waals surface area contributed by atoms with Gasteiger partial charge in [0.2, 0.25) is 0 Å². The first kappa shape index (κ1) is 14.2. The largest absolute Gasteiger partial charge is 0.486 e. The third-order valence-electron chi connectivity index (χ3n) is 3.86. The first-order valence-electron chi connectivity index (χ1n) is 7.06. The summed E-state index contributed by atoms with van der Waals surface area (Å²) in [5, 5.41) is 3.52. The summed E-state index contributed by atoms with van der Waals surface area (Å²) in [5.74, 6) is 2.37. The zero-order valence-electron chi connectivity index (χ0n) is 12.5. The molecule has 1 unspecified atom stereocenters. The lowest BCUT2D eigenvalue weighted by Crippen LogP contribution is -2.29. The van der Waals surface area contributed by atoms with E-state index in [0.29, 0.717) is 24.5 Å². The first-order valence-corrected chi connectivity index (χ1v) is 7.06. The van der Waals surface area contributed by atoms with Gasteiger partial charge in [-0.25, -0.2) is 0 Å². The van der Waals surface area contributed by atoms with Crippen LogP contribution in [-0.4, -0.2) is 19.8 Å². The predicted molar refractivity (Wildman–Crippen MR) is 77.8 cm³/mol. The van der Waals surface area contributed by atoms with Crippen LogP contribution in [0.1, 0.15) is 33.3 Å². The zero-order chi connectivity index (χ0) is 13.9. The smallest absolute Gasteiger partial charge is 0.161 e. The molecule has 3 heteroatoms. The molecular formula is C16H25NO2. The fraction of sp³-hybridized carbons (Fsp3) is 0.625. The molecule has 0 fully saturated rings. The van der Waals surface area contributed by atoms with E-state index in [0.717, 1.165) is 24.6 Å². The van der Waals surface area contributed by atoms with Crippen LogP contribution in [0.3, 0.4) is 0 Å². The highest BCUT2D eigenvalue weighted by Crippen LogP contribution is 2.30. The Hall–Kier alpha value is -1.22. The third kappa shape index (κ3) is 3.87. The van der Waals surface area contributed by atoms with E-state index in [2.05, 4.69) is 45.1 Å². The molecule has 0 radical (unpaired) electrons. The number of hydrogen-bond donors (Lipinski definition) is 1. The fourth-order valence-corrected chi connectivity index (χ4v) is 1.94. The van der Waals surface area contributed by atoms with Crippen LogP contribution in [-0.2, 0) is 6.54 Å². The van der Waals surface area contributed by atoms with Crippen molar-refractivity contribution in [3.63, 3.8) is 0 Å². The van der Waals surface area contributed by atoms with Crippen molar-refractivity contribution in [2.24, 2.45) is 11.3 Å². The van der Waals surface area contributed by atoms with Gasteiger partial charge in [-0.3, -0.25) is 0 Å². The highest BCUT2D eigenvalue weighted by molar-refractivity contribution is 5.43. The maximum atomic E-state index is 5.59. The van der Waals surface area contributed by atoms with Gasteiger partial charge in [0.15, 0.2) is 11.5 Å². The quantitative estimate of drug-likeness (QED) is 0.904. The number of fused-ring (bicyclic) bond motifs is 1. The van der Waals surface area contributed by atoms with Gasteiger partial charge in [0.05, 0.1) is 0 Å². The molecule has 0 amide bonds. The Morgan fingerprint density at radius 1 is 1.16 bits per heavy atom. The summed E-state index contributed by atoms with van der Waals surface area (Å²) in [6, 6.07) is 6.17. The predicted octanol–water partition coefficient (Wildman–Crippen LogP) is 3.23. The zero-order valence-corrected chi connectivity index (χ0v) is 12.5. The molecule has 1 aliphatic rings. The van der Waals surface area contributed by atoms with E-state index in [-0.39, 0.29) is 0 Å². The van der Waals surface area contributed by atoms with Crippen molar-refractivity contribution in [3.05, 3.63) is 23.8 Å². The van der Waals surface area contributed by atoms with Crippen LogP contribution in [0.2, 0.25) is 0 Å². The summed E-state index contributed by atoms with van der Waals surface area (Å²) in [6.45, 7) is 12.3. The monoisotopic (exact) mass is 263 g/mol. The number of rotatable bonds is 4. The Morgan fingerprint density at radius 3 is 2.53 bits per heavy atom. The van der Waals surface area contributed by atoms with Crippen molar-refractivity contribution >= 4 is 0 Å². The van der Waals surface area contributed by atoms with Gasteiger partial charge in [-0.15, -0.1) is 0 Å². The summed E-state index contributed by atoms with van der Waals surface area (Å²) in [4.78, 5) is 0. The minimum Gasteiger partial charge on any atom is -0.486 e. The molecule has 0 saturated carbocycles. The molecule has 0 saturated heterocycles. The molecule has 0 aliphatic carbocycles. The molecule has 2 rings (SSSR count). The minimum absolute atomic E-state index is 0.347. The fourth-order valence-electron chi connectivity index (χ4n) is 1.94. The maximum Gasteiger partial charge on any atom is 0.161 e. The van der Waals surface area contributed by atoms with E-state index >= 15 is 0 Å². The van der Waals surface area contributed by atoms with Gasteiger partial charge < -0.3 is 14.8 Å². The Bertz CT molecular complexity index is 423. The van der Waals surface area contributed by atoms with Crippen molar-refractivity contribution < 1.29 is 9.47 Å². The van der Waals surface area contributed by atoms with E-state index in [1.165, 1.54) is 5.56 Å². The molecular weight excluding hydrogens is 238 g/mol. The topological polar surface area (TPSA) is 30.5 Å². The molecule has 0 bridgehead atoms. The molecule has 106 valence electrons. The second-order valence-corrected chi connectivity index (χ2v) is 6.38. The molecule has 0 spiro atoms. The Balaban J connectivity index is 1.87. The molecule has 0 aromatic heterocycles.